The molecule has 0 aliphatic carbocycles. The molecular weight excluding hydrogens is 246 g/mol. The molecule has 0 amide bonds. The van der Waals surface area contributed by atoms with Gasteiger partial charge in [-0.15, -0.1) is 0 Å². The first-order valence-electron chi connectivity index (χ1n) is 5.65. The van der Waals surface area contributed by atoms with Gasteiger partial charge in [0.1, 0.15) is 17.8 Å². The summed E-state index contributed by atoms with van der Waals surface area (Å²) in [4.78, 5) is 21.1. The van der Waals surface area contributed by atoms with Gasteiger partial charge in [0.15, 0.2) is 0 Å². The number of aldehydes is 1. The molecule has 5 heteroatoms. The molecule has 0 aliphatic heterocycles. The molecule has 2 aromatic rings. The van der Waals surface area contributed by atoms with Crippen LogP contribution in [-0.4, -0.2) is 11.2 Å². The van der Waals surface area contributed by atoms with E-state index in [-0.39, 0.29) is 17.7 Å². The first-order valence-corrected chi connectivity index (χ1v) is 5.65. The van der Waals surface area contributed by atoms with Gasteiger partial charge in [0, 0.05) is 12.5 Å². The van der Waals surface area contributed by atoms with Crippen LogP contribution in [0.4, 0.5) is 5.69 Å². The van der Waals surface area contributed by atoms with Gasteiger partial charge in [0.25, 0.3) is 5.69 Å². The predicted molar refractivity (Wildman–Crippen MR) is 69.4 cm³/mol. The number of ether oxygens (including phenoxy) is 1. The first kappa shape index (κ1) is 12.8. The van der Waals surface area contributed by atoms with Crippen molar-refractivity contribution in [2.45, 2.75) is 6.42 Å². The number of nitro groups is 1. The lowest BCUT2D eigenvalue weighted by atomic mass is 10.1. The Kier molecular flexibility index (Phi) is 3.87. The van der Waals surface area contributed by atoms with E-state index >= 15 is 0 Å². The topological polar surface area (TPSA) is 69.4 Å². The van der Waals surface area contributed by atoms with Crippen molar-refractivity contribution in [2.24, 2.45) is 0 Å². The van der Waals surface area contributed by atoms with Crippen molar-refractivity contribution >= 4 is 12.0 Å². The molecule has 19 heavy (non-hydrogen) atoms. The van der Waals surface area contributed by atoms with E-state index in [0.717, 1.165) is 0 Å². The van der Waals surface area contributed by atoms with Crippen LogP contribution in [0.5, 0.6) is 11.5 Å². The summed E-state index contributed by atoms with van der Waals surface area (Å²) < 4.78 is 5.59. The van der Waals surface area contributed by atoms with E-state index in [1.165, 1.54) is 12.1 Å². The van der Waals surface area contributed by atoms with Crippen molar-refractivity contribution in [1.82, 2.24) is 0 Å². The highest BCUT2D eigenvalue weighted by molar-refractivity contribution is 5.63. The molecule has 0 saturated carbocycles. The third-order valence-electron chi connectivity index (χ3n) is 2.56. The Bertz CT molecular complexity index is 596. The Morgan fingerprint density at radius 2 is 1.84 bits per heavy atom. The van der Waals surface area contributed by atoms with E-state index in [9.17, 15) is 14.9 Å². The van der Waals surface area contributed by atoms with Crippen LogP contribution in [0.1, 0.15) is 5.56 Å². The van der Waals surface area contributed by atoms with Crippen molar-refractivity contribution in [1.29, 1.82) is 0 Å². The van der Waals surface area contributed by atoms with E-state index in [1.807, 2.05) is 6.07 Å². The number of hydrogen-bond donors (Lipinski definition) is 0. The van der Waals surface area contributed by atoms with Gasteiger partial charge in [-0.25, -0.2) is 0 Å². The van der Waals surface area contributed by atoms with Gasteiger partial charge in [-0.1, -0.05) is 24.3 Å². The van der Waals surface area contributed by atoms with E-state index in [4.69, 9.17) is 4.74 Å². The summed E-state index contributed by atoms with van der Waals surface area (Å²) in [6.07, 6.45) is 0.569. The Morgan fingerprint density at radius 3 is 2.47 bits per heavy atom. The first-order chi connectivity index (χ1) is 9.22. The van der Waals surface area contributed by atoms with Gasteiger partial charge in [-0.3, -0.25) is 10.1 Å². The van der Waals surface area contributed by atoms with Crippen molar-refractivity contribution in [3.63, 3.8) is 0 Å². The summed E-state index contributed by atoms with van der Waals surface area (Å²) in [7, 11) is 0. The third-order valence-corrected chi connectivity index (χ3v) is 2.56. The molecule has 0 atom stereocenters. The molecule has 0 radical (unpaired) electrons. The van der Waals surface area contributed by atoms with Gasteiger partial charge >= 0.3 is 0 Å². The largest absolute Gasteiger partial charge is 0.457 e. The Balaban J connectivity index is 2.42. The normalized spacial score (nSPS) is 9.89. The second-order valence-electron chi connectivity index (χ2n) is 3.80. The maximum absolute atomic E-state index is 10.9. The van der Waals surface area contributed by atoms with Crippen LogP contribution in [0.3, 0.4) is 0 Å². The zero-order valence-electron chi connectivity index (χ0n) is 9.98. The minimum absolute atomic E-state index is 0.0562. The molecule has 0 heterocycles. The maximum Gasteiger partial charge on any atom is 0.276 e. The van der Waals surface area contributed by atoms with E-state index < -0.39 is 4.92 Å². The van der Waals surface area contributed by atoms with E-state index in [0.29, 0.717) is 17.8 Å². The fourth-order valence-electron chi connectivity index (χ4n) is 1.72. The van der Waals surface area contributed by atoms with Crippen LogP contribution in [0.25, 0.3) is 0 Å². The molecule has 0 aromatic heterocycles. The fourth-order valence-corrected chi connectivity index (χ4v) is 1.72. The number of benzene rings is 2. The zero-order valence-corrected chi connectivity index (χ0v) is 9.98. The summed E-state index contributed by atoms with van der Waals surface area (Å²) in [5.74, 6) is 0.891. The van der Waals surface area contributed by atoms with E-state index in [1.54, 1.807) is 30.3 Å². The lowest BCUT2D eigenvalue weighted by Gasteiger charge is -2.09. The number of hydrogen-bond acceptors (Lipinski definition) is 4. The number of para-hydroxylation sites is 1. The summed E-state index contributed by atoms with van der Waals surface area (Å²) in [6, 6.07) is 13.4. The number of carbonyl (C=O) groups excluding carboxylic acids is 1. The minimum atomic E-state index is -0.517. The summed E-state index contributed by atoms with van der Waals surface area (Å²) in [5.41, 5.74) is 0.173. The summed E-state index contributed by atoms with van der Waals surface area (Å²) in [5, 5.41) is 10.9. The predicted octanol–water partition coefficient (Wildman–Crippen LogP) is 3.13. The lowest BCUT2D eigenvalue weighted by molar-refractivity contribution is -0.385. The molecule has 0 spiro atoms. The molecule has 2 rings (SSSR count). The average Bonchev–Trinajstić information content (AvgIpc) is 2.42. The van der Waals surface area contributed by atoms with Crippen LogP contribution >= 0.6 is 0 Å². The summed E-state index contributed by atoms with van der Waals surface area (Å²) in [6.45, 7) is 0. The highest BCUT2D eigenvalue weighted by Gasteiger charge is 2.18. The highest BCUT2D eigenvalue weighted by atomic mass is 16.6. The smallest absolute Gasteiger partial charge is 0.276 e. The SMILES string of the molecule is O=CCc1c(Oc2ccccc2)cccc1[N+](=O)[O-]. The van der Waals surface area contributed by atoms with Crippen molar-refractivity contribution < 1.29 is 14.5 Å². The monoisotopic (exact) mass is 257 g/mol. The van der Waals surface area contributed by atoms with Crippen LogP contribution < -0.4 is 4.74 Å². The van der Waals surface area contributed by atoms with Gasteiger partial charge in [-0.2, -0.15) is 0 Å². The second kappa shape index (κ2) is 5.77. The molecule has 0 bridgehead atoms. The number of carbonyl (C=O) groups is 1. The number of nitrogens with zero attached hydrogens (tertiary/aromatic N) is 1. The molecule has 0 saturated heterocycles. The van der Waals surface area contributed by atoms with Gasteiger partial charge in [-0.05, 0) is 18.2 Å². The molecule has 0 aliphatic rings. The molecule has 5 nitrogen and oxygen atoms in total. The van der Waals surface area contributed by atoms with Gasteiger partial charge < -0.3 is 9.53 Å². The van der Waals surface area contributed by atoms with Crippen LogP contribution in [0, 0.1) is 10.1 Å². The van der Waals surface area contributed by atoms with Gasteiger partial charge in [0.2, 0.25) is 0 Å². The average molecular weight is 257 g/mol. The molecule has 0 N–H and O–H groups in total. The standard InChI is InChI=1S/C14H11NO4/c16-10-9-12-13(15(17)18)7-4-8-14(12)19-11-5-2-1-3-6-11/h1-8,10H,9H2. The second-order valence-corrected chi connectivity index (χ2v) is 3.80. The van der Waals surface area contributed by atoms with Crippen LogP contribution in [0.15, 0.2) is 48.5 Å². The quantitative estimate of drug-likeness (QED) is 0.468. The molecule has 0 fully saturated rings. The fraction of sp³-hybridized carbons (Fsp3) is 0.0714. The van der Waals surface area contributed by atoms with Crippen molar-refractivity contribution in [3.8, 4) is 11.5 Å². The molecule has 0 unspecified atom stereocenters. The molecule has 96 valence electrons. The Hall–Kier alpha value is -2.69. The highest BCUT2D eigenvalue weighted by Crippen LogP contribution is 2.31. The maximum atomic E-state index is 10.9. The molecular formula is C14H11NO4. The third kappa shape index (κ3) is 2.95. The Labute approximate surface area is 109 Å². The van der Waals surface area contributed by atoms with Gasteiger partial charge in [0.05, 0.1) is 10.5 Å². The number of rotatable bonds is 5. The van der Waals surface area contributed by atoms with Crippen molar-refractivity contribution in [3.05, 3.63) is 64.2 Å². The zero-order chi connectivity index (χ0) is 13.7. The van der Waals surface area contributed by atoms with Crippen LogP contribution in [-0.2, 0) is 11.2 Å². The minimum Gasteiger partial charge on any atom is -0.457 e. The number of nitro benzene ring substituents is 1. The Morgan fingerprint density at radius 1 is 1.11 bits per heavy atom. The lowest BCUT2D eigenvalue weighted by Crippen LogP contribution is -1.99. The molecule has 2 aromatic carbocycles. The van der Waals surface area contributed by atoms with E-state index in [2.05, 4.69) is 0 Å². The van der Waals surface area contributed by atoms with Crippen LogP contribution in [0.2, 0.25) is 0 Å². The summed E-state index contributed by atoms with van der Waals surface area (Å²) >= 11 is 0. The van der Waals surface area contributed by atoms with Crippen molar-refractivity contribution in [2.75, 3.05) is 0 Å².